The molecule has 29 heavy (non-hydrogen) atoms. The van der Waals surface area contributed by atoms with Crippen molar-refractivity contribution >= 4 is 50.1 Å². The van der Waals surface area contributed by atoms with Gasteiger partial charge in [0.2, 0.25) is 10.0 Å². The van der Waals surface area contributed by atoms with Gasteiger partial charge in [-0.2, -0.15) is 4.31 Å². The van der Waals surface area contributed by atoms with E-state index in [-0.39, 0.29) is 29.1 Å². The maximum atomic E-state index is 13.2. The number of aromatic nitrogens is 1. The van der Waals surface area contributed by atoms with E-state index in [0.717, 1.165) is 30.0 Å². The number of anilines is 1. The van der Waals surface area contributed by atoms with Crippen molar-refractivity contribution in [3.05, 3.63) is 29.4 Å². The minimum Gasteiger partial charge on any atom is -0.480 e. The number of carboxylic acids is 1. The monoisotopic (exact) mass is 439 g/mol. The molecule has 0 atom stereocenters. The lowest BCUT2D eigenvalue weighted by Gasteiger charge is -2.24. The van der Waals surface area contributed by atoms with Gasteiger partial charge in [0.15, 0.2) is 5.96 Å². The maximum absolute atomic E-state index is 13.2. The van der Waals surface area contributed by atoms with Crippen LogP contribution in [0.3, 0.4) is 0 Å². The Hall–Kier alpha value is -2.43. The van der Waals surface area contributed by atoms with Crippen LogP contribution in [0.1, 0.15) is 25.7 Å². The number of nitrogens with zero attached hydrogens (tertiary/aromatic N) is 2. The number of aliphatic carboxylic acids is 1. The van der Waals surface area contributed by atoms with Crippen LogP contribution in [0, 0.1) is 11.3 Å². The summed E-state index contributed by atoms with van der Waals surface area (Å²) in [7, 11) is -4.06. The quantitative estimate of drug-likeness (QED) is 0.382. The fourth-order valence-corrected chi connectivity index (χ4v) is 5.31. The van der Waals surface area contributed by atoms with E-state index in [2.05, 4.69) is 10.3 Å². The van der Waals surface area contributed by atoms with Crippen molar-refractivity contribution in [2.24, 2.45) is 11.7 Å². The van der Waals surface area contributed by atoms with Gasteiger partial charge in [-0.1, -0.05) is 30.5 Å². The van der Waals surface area contributed by atoms with Crippen LogP contribution in [0.25, 0.3) is 10.8 Å². The van der Waals surface area contributed by atoms with Crippen LogP contribution in [0.5, 0.6) is 0 Å². The second kappa shape index (κ2) is 8.52. The summed E-state index contributed by atoms with van der Waals surface area (Å²) in [5, 5.41) is 20.4. The van der Waals surface area contributed by atoms with E-state index in [4.69, 9.17) is 22.7 Å². The first-order valence-electron chi connectivity index (χ1n) is 9.09. The van der Waals surface area contributed by atoms with E-state index in [1.54, 1.807) is 0 Å². The number of rotatable bonds is 7. The van der Waals surface area contributed by atoms with Crippen LogP contribution in [0.4, 0.5) is 5.82 Å². The highest BCUT2D eigenvalue weighted by Gasteiger charge is 2.30. The highest BCUT2D eigenvalue weighted by molar-refractivity contribution is 7.89. The molecule has 0 bridgehead atoms. The van der Waals surface area contributed by atoms with Crippen molar-refractivity contribution in [1.82, 2.24) is 9.29 Å². The van der Waals surface area contributed by atoms with Crippen LogP contribution in [0.2, 0.25) is 5.02 Å². The zero-order valence-corrected chi connectivity index (χ0v) is 17.1. The van der Waals surface area contributed by atoms with Gasteiger partial charge in [0.1, 0.15) is 12.4 Å². The molecule has 0 radical (unpaired) electrons. The summed E-state index contributed by atoms with van der Waals surface area (Å²) in [4.78, 5) is 15.3. The van der Waals surface area contributed by atoms with E-state index in [0.29, 0.717) is 15.8 Å². The molecule has 9 nitrogen and oxygen atoms in total. The van der Waals surface area contributed by atoms with Crippen LogP contribution in [-0.4, -0.2) is 47.8 Å². The number of sulfonamides is 1. The van der Waals surface area contributed by atoms with Crippen molar-refractivity contribution in [2.75, 3.05) is 18.4 Å². The Labute approximate surface area is 173 Å². The van der Waals surface area contributed by atoms with Gasteiger partial charge >= 0.3 is 5.97 Å². The third-order valence-corrected chi connectivity index (χ3v) is 7.06. The van der Waals surface area contributed by atoms with Crippen molar-refractivity contribution in [1.29, 1.82) is 5.41 Å². The number of hydrogen-bond donors (Lipinski definition) is 4. The number of carboxylic acid groups (broad SMARTS) is 1. The average molecular weight is 440 g/mol. The van der Waals surface area contributed by atoms with Crippen molar-refractivity contribution in [3.63, 3.8) is 0 Å². The normalized spacial score (nSPS) is 15.1. The number of carbonyl (C=O) groups is 1. The molecule has 2 aromatic rings. The summed E-state index contributed by atoms with van der Waals surface area (Å²) in [6, 6.07) is 4.30. The summed E-state index contributed by atoms with van der Waals surface area (Å²) in [6.45, 7) is -0.442. The Morgan fingerprint density at radius 1 is 1.34 bits per heavy atom. The first kappa shape index (κ1) is 21.3. The lowest BCUT2D eigenvalue weighted by atomic mass is 10.1. The Bertz CT molecular complexity index is 1050. The van der Waals surface area contributed by atoms with Crippen LogP contribution in [0.15, 0.2) is 29.3 Å². The number of pyridine rings is 1. The van der Waals surface area contributed by atoms with Gasteiger partial charge in [-0.3, -0.25) is 10.2 Å². The smallest absolute Gasteiger partial charge is 0.318 e. The van der Waals surface area contributed by atoms with E-state index in [9.17, 15) is 18.3 Å². The van der Waals surface area contributed by atoms with E-state index in [1.165, 1.54) is 24.4 Å². The molecule has 1 aliphatic rings. The van der Waals surface area contributed by atoms with Crippen molar-refractivity contribution in [3.8, 4) is 0 Å². The number of guanidine groups is 1. The molecule has 0 aliphatic heterocycles. The third-order valence-electron chi connectivity index (χ3n) is 4.95. The summed E-state index contributed by atoms with van der Waals surface area (Å²) in [6.07, 6.45) is 5.18. The van der Waals surface area contributed by atoms with Gasteiger partial charge in [0.25, 0.3) is 0 Å². The fraction of sp³-hybridized carbons (Fsp3) is 0.389. The van der Waals surface area contributed by atoms with E-state index >= 15 is 0 Å². The molecule has 3 rings (SSSR count). The van der Waals surface area contributed by atoms with E-state index in [1.807, 2.05) is 0 Å². The number of hydrogen-bond acceptors (Lipinski definition) is 5. The first-order valence-corrected chi connectivity index (χ1v) is 10.9. The van der Waals surface area contributed by atoms with Gasteiger partial charge in [-0.15, -0.1) is 0 Å². The molecule has 0 unspecified atom stereocenters. The molecule has 5 N–H and O–H groups in total. The molecule has 0 saturated heterocycles. The first-order chi connectivity index (χ1) is 13.7. The van der Waals surface area contributed by atoms with Gasteiger partial charge in [0, 0.05) is 23.5 Å². The zero-order chi connectivity index (χ0) is 21.2. The highest BCUT2D eigenvalue weighted by Crippen LogP contribution is 2.32. The average Bonchev–Trinajstić information content (AvgIpc) is 3.16. The number of nitrogens with two attached hydrogens (primary N) is 1. The largest absolute Gasteiger partial charge is 0.480 e. The maximum Gasteiger partial charge on any atom is 0.318 e. The Balaban J connectivity index is 2.05. The van der Waals surface area contributed by atoms with Crippen LogP contribution >= 0.6 is 11.6 Å². The molecule has 1 heterocycles. The van der Waals surface area contributed by atoms with Crippen LogP contribution in [-0.2, 0) is 14.8 Å². The number of halogens is 1. The third kappa shape index (κ3) is 4.77. The second-order valence-corrected chi connectivity index (χ2v) is 9.39. The predicted molar refractivity (Wildman–Crippen MR) is 111 cm³/mol. The molecular weight excluding hydrogens is 418 g/mol. The standard InChI is InChI=1S/C18H22ClN5O4S/c19-15-8-22-17(23-18(20)21)14-7-12(5-6-13(14)15)29(27,28)24(10-16(25)26)9-11-3-1-2-4-11/h5-8,11H,1-4,9-10H2,(H,25,26)(H4,20,21,22,23). The summed E-state index contributed by atoms with van der Waals surface area (Å²) in [5.41, 5.74) is 5.38. The van der Waals surface area contributed by atoms with Gasteiger partial charge in [-0.05, 0) is 30.9 Å². The molecule has 156 valence electrons. The molecule has 0 spiro atoms. The van der Waals surface area contributed by atoms with Gasteiger partial charge in [-0.25, -0.2) is 13.4 Å². The van der Waals surface area contributed by atoms with Gasteiger partial charge in [0.05, 0.1) is 9.92 Å². The Morgan fingerprint density at radius 2 is 2.03 bits per heavy atom. The second-order valence-electron chi connectivity index (χ2n) is 7.04. The van der Waals surface area contributed by atoms with Crippen molar-refractivity contribution in [2.45, 2.75) is 30.6 Å². The minimum atomic E-state index is -4.06. The van der Waals surface area contributed by atoms with Crippen molar-refractivity contribution < 1.29 is 18.3 Å². The topological polar surface area (TPSA) is 149 Å². The van der Waals surface area contributed by atoms with Gasteiger partial charge < -0.3 is 16.2 Å². The minimum absolute atomic E-state index is 0.0695. The zero-order valence-electron chi connectivity index (χ0n) is 15.6. The molecule has 1 fully saturated rings. The van der Waals surface area contributed by atoms with Crippen LogP contribution < -0.4 is 11.1 Å². The molecule has 1 aliphatic carbocycles. The number of nitrogens with one attached hydrogen (secondary N) is 2. The molecule has 1 saturated carbocycles. The molecular formula is C18H22ClN5O4S. The molecule has 11 heteroatoms. The summed E-state index contributed by atoms with van der Waals surface area (Å²) < 4.78 is 27.5. The SMILES string of the molecule is N=C(N)Nc1ncc(Cl)c2ccc(S(=O)(=O)N(CC(=O)O)CC3CCCC3)cc12. The number of benzene rings is 1. The molecule has 1 aromatic carbocycles. The fourth-order valence-electron chi connectivity index (χ4n) is 3.60. The number of fused-ring (bicyclic) bond motifs is 1. The Morgan fingerprint density at radius 3 is 2.66 bits per heavy atom. The lowest BCUT2D eigenvalue weighted by molar-refractivity contribution is -0.137. The lowest BCUT2D eigenvalue weighted by Crippen LogP contribution is -2.38. The van der Waals surface area contributed by atoms with E-state index < -0.39 is 22.5 Å². The summed E-state index contributed by atoms with van der Waals surface area (Å²) in [5.74, 6) is -1.23. The highest BCUT2D eigenvalue weighted by atomic mass is 35.5. The molecule has 0 amide bonds. The molecule has 1 aromatic heterocycles. The predicted octanol–water partition coefficient (Wildman–Crippen LogP) is 2.46. The summed E-state index contributed by atoms with van der Waals surface area (Å²) >= 11 is 6.16. The Kier molecular flexibility index (Phi) is 6.25.